The van der Waals surface area contributed by atoms with Gasteiger partial charge >= 0.3 is 5.97 Å². The molecule has 0 aromatic carbocycles. The van der Waals surface area contributed by atoms with Gasteiger partial charge in [0.1, 0.15) is 11.3 Å². The number of rotatable bonds is 8. The normalized spacial score (nSPS) is 12.2. The van der Waals surface area contributed by atoms with Crippen LogP contribution in [0, 0.1) is 0 Å². The van der Waals surface area contributed by atoms with Crippen molar-refractivity contribution in [2.45, 2.75) is 39.7 Å². The molecule has 1 aromatic rings. The molecule has 1 heterocycles. The summed E-state index contributed by atoms with van der Waals surface area (Å²) in [5.41, 5.74) is 0.0619. The van der Waals surface area contributed by atoms with E-state index in [1.807, 2.05) is 18.7 Å². The quantitative estimate of drug-likeness (QED) is 0.722. The second-order valence-electron chi connectivity index (χ2n) is 4.47. The van der Waals surface area contributed by atoms with Gasteiger partial charge in [-0.15, -0.1) is 0 Å². The summed E-state index contributed by atoms with van der Waals surface area (Å²) in [7, 11) is 0. The van der Waals surface area contributed by atoms with Crippen molar-refractivity contribution in [2.24, 2.45) is 0 Å². The Kier molecular flexibility index (Phi) is 6.64. The predicted octanol–water partition coefficient (Wildman–Crippen LogP) is 2.80. The summed E-state index contributed by atoms with van der Waals surface area (Å²) in [4.78, 5) is 23.0. The topological polar surface area (TPSA) is 79.5 Å². The smallest absolute Gasteiger partial charge is 0.339 e. The Hall–Kier alpha value is -1.43. The minimum atomic E-state index is -1.07. The van der Waals surface area contributed by atoms with Gasteiger partial charge in [-0.05, 0) is 24.9 Å². The Bertz CT molecular complexity index is 470. The first kappa shape index (κ1) is 16.6. The number of hydrogen-bond acceptors (Lipinski definition) is 4. The van der Waals surface area contributed by atoms with Gasteiger partial charge < -0.3 is 14.8 Å². The van der Waals surface area contributed by atoms with Gasteiger partial charge in [-0.25, -0.2) is 4.79 Å². The van der Waals surface area contributed by atoms with Crippen LogP contribution in [0.2, 0.25) is 0 Å². The summed E-state index contributed by atoms with van der Waals surface area (Å²) < 4.78 is 5.32. The molecule has 5 nitrogen and oxygen atoms in total. The largest absolute Gasteiger partial charge is 0.478 e. The first-order valence-electron chi connectivity index (χ1n) is 6.74. The van der Waals surface area contributed by atoms with Crippen LogP contribution in [0.4, 0.5) is 0 Å². The first-order chi connectivity index (χ1) is 9.49. The lowest BCUT2D eigenvalue weighted by atomic mass is 10.2. The molecular weight excluding hydrogens is 278 g/mol. The third-order valence-electron chi connectivity index (χ3n) is 2.86. The number of aromatic carboxylic acids is 1. The third-order valence-corrected chi connectivity index (χ3v) is 3.79. The van der Waals surface area contributed by atoms with Crippen LogP contribution in [0.15, 0.2) is 10.5 Å². The lowest BCUT2D eigenvalue weighted by molar-refractivity contribution is 0.0694. The molecule has 1 amide bonds. The van der Waals surface area contributed by atoms with Crippen LogP contribution in [-0.2, 0) is 6.42 Å². The Labute approximate surface area is 123 Å². The molecule has 0 saturated heterocycles. The van der Waals surface area contributed by atoms with Gasteiger partial charge in [-0.2, -0.15) is 11.8 Å². The Morgan fingerprint density at radius 2 is 2.15 bits per heavy atom. The number of carbonyl (C=O) groups is 2. The fraction of sp³-hybridized carbons (Fsp3) is 0.571. The fourth-order valence-corrected chi connectivity index (χ4v) is 2.56. The number of amides is 1. The van der Waals surface area contributed by atoms with Crippen molar-refractivity contribution in [1.82, 2.24) is 5.32 Å². The number of furan rings is 1. The first-order valence-corrected chi connectivity index (χ1v) is 7.89. The molecule has 1 unspecified atom stereocenters. The van der Waals surface area contributed by atoms with Crippen molar-refractivity contribution in [2.75, 3.05) is 11.5 Å². The fourth-order valence-electron chi connectivity index (χ4n) is 1.76. The van der Waals surface area contributed by atoms with Crippen molar-refractivity contribution in [1.29, 1.82) is 0 Å². The van der Waals surface area contributed by atoms with E-state index in [4.69, 9.17) is 9.52 Å². The second-order valence-corrected chi connectivity index (χ2v) is 5.86. The molecule has 1 rings (SSSR count). The number of aryl methyl sites for hydroxylation is 1. The molecule has 2 N–H and O–H groups in total. The number of hydrogen-bond donors (Lipinski definition) is 2. The van der Waals surface area contributed by atoms with Crippen LogP contribution < -0.4 is 5.32 Å². The summed E-state index contributed by atoms with van der Waals surface area (Å²) in [5, 5.41) is 11.8. The summed E-state index contributed by atoms with van der Waals surface area (Å²) >= 11 is 1.82. The van der Waals surface area contributed by atoms with Gasteiger partial charge in [0.25, 0.3) is 5.91 Å². The van der Waals surface area contributed by atoms with E-state index in [0.717, 1.165) is 17.9 Å². The van der Waals surface area contributed by atoms with Gasteiger partial charge in [0.05, 0.1) is 0 Å². The zero-order chi connectivity index (χ0) is 15.1. The van der Waals surface area contributed by atoms with E-state index < -0.39 is 5.97 Å². The minimum Gasteiger partial charge on any atom is -0.478 e. The molecule has 0 saturated carbocycles. The van der Waals surface area contributed by atoms with Gasteiger partial charge in [-0.3, -0.25) is 4.79 Å². The highest BCUT2D eigenvalue weighted by Gasteiger charge is 2.20. The van der Waals surface area contributed by atoms with Crippen molar-refractivity contribution in [3.63, 3.8) is 0 Å². The van der Waals surface area contributed by atoms with E-state index in [1.54, 1.807) is 6.92 Å². The van der Waals surface area contributed by atoms with Crippen LogP contribution in [0.1, 0.15) is 53.9 Å². The average molecular weight is 299 g/mol. The summed E-state index contributed by atoms with van der Waals surface area (Å²) in [6.07, 6.45) is 1.31. The maximum Gasteiger partial charge on any atom is 0.339 e. The summed E-state index contributed by atoms with van der Waals surface area (Å²) in [5.74, 6) is 1.00. The number of carboxylic acids is 1. The van der Waals surface area contributed by atoms with Gasteiger partial charge in [0.2, 0.25) is 0 Å². The molecule has 0 fully saturated rings. The molecule has 1 atom stereocenters. The molecule has 0 radical (unpaired) electrons. The van der Waals surface area contributed by atoms with Crippen LogP contribution in [-0.4, -0.2) is 34.5 Å². The van der Waals surface area contributed by atoms with E-state index in [9.17, 15) is 9.59 Å². The Balaban J connectivity index is 2.65. The van der Waals surface area contributed by atoms with E-state index in [1.165, 1.54) is 6.07 Å². The van der Waals surface area contributed by atoms with Gasteiger partial charge in [0.15, 0.2) is 5.76 Å². The number of nitrogens with one attached hydrogen (secondary N) is 1. The maximum absolute atomic E-state index is 12.0. The zero-order valence-electron chi connectivity index (χ0n) is 12.1. The molecule has 1 aromatic heterocycles. The van der Waals surface area contributed by atoms with Crippen molar-refractivity contribution < 1.29 is 19.1 Å². The summed E-state index contributed by atoms with van der Waals surface area (Å²) in [6, 6.07) is 1.33. The lowest BCUT2D eigenvalue weighted by Crippen LogP contribution is -2.32. The summed E-state index contributed by atoms with van der Waals surface area (Å²) in [6.45, 7) is 5.81. The molecule has 6 heteroatoms. The van der Waals surface area contributed by atoms with Crippen molar-refractivity contribution in [3.05, 3.63) is 23.2 Å². The monoisotopic (exact) mass is 299 g/mol. The van der Waals surface area contributed by atoms with E-state index in [2.05, 4.69) is 12.2 Å². The molecule has 0 aliphatic heterocycles. The van der Waals surface area contributed by atoms with Crippen molar-refractivity contribution in [3.8, 4) is 0 Å². The van der Waals surface area contributed by atoms with E-state index in [-0.39, 0.29) is 23.3 Å². The SMILES string of the molecule is CCSCCC(C)NC(=O)c1cc(C(=O)O)c(CC)o1. The maximum atomic E-state index is 12.0. The van der Waals surface area contributed by atoms with Crippen LogP contribution in [0.25, 0.3) is 0 Å². The highest BCUT2D eigenvalue weighted by atomic mass is 32.2. The third kappa shape index (κ3) is 4.59. The van der Waals surface area contributed by atoms with Crippen molar-refractivity contribution >= 4 is 23.6 Å². The van der Waals surface area contributed by atoms with E-state index in [0.29, 0.717) is 12.2 Å². The Morgan fingerprint density at radius 3 is 2.65 bits per heavy atom. The number of carbonyl (C=O) groups excluding carboxylic acids is 1. The van der Waals surface area contributed by atoms with Crippen LogP contribution in [0.5, 0.6) is 0 Å². The zero-order valence-corrected chi connectivity index (χ0v) is 12.9. The molecule has 0 bridgehead atoms. The van der Waals surface area contributed by atoms with Crippen LogP contribution >= 0.6 is 11.8 Å². The average Bonchev–Trinajstić information content (AvgIpc) is 2.83. The minimum absolute atomic E-state index is 0.0324. The molecule has 0 spiro atoms. The Morgan fingerprint density at radius 1 is 1.45 bits per heavy atom. The highest BCUT2D eigenvalue weighted by Crippen LogP contribution is 2.16. The standard InChI is InChI=1S/C14H21NO4S/c1-4-11-10(14(17)18)8-12(19-11)13(16)15-9(3)6-7-20-5-2/h8-9H,4-7H2,1-3H3,(H,15,16)(H,17,18). The number of carboxylic acid groups (broad SMARTS) is 1. The van der Waals surface area contributed by atoms with E-state index >= 15 is 0 Å². The second kappa shape index (κ2) is 7.99. The molecule has 0 aliphatic carbocycles. The predicted molar refractivity (Wildman–Crippen MR) is 79.6 cm³/mol. The number of thioether (sulfide) groups is 1. The molecule has 20 heavy (non-hydrogen) atoms. The molecule has 112 valence electrons. The van der Waals surface area contributed by atoms with Gasteiger partial charge in [0, 0.05) is 18.5 Å². The van der Waals surface area contributed by atoms with Crippen LogP contribution in [0.3, 0.4) is 0 Å². The lowest BCUT2D eigenvalue weighted by Gasteiger charge is -2.12. The molecule has 0 aliphatic rings. The van der Waals surface area contributed by atoms with Gasteiger partial charge in [-0.1, -0.05) is 13.8 Å². The molecular formula is C14H21NO4S. The highest BCUT2D eigenvalue weighted by molar-refractivity contribution is 7.99.